The molecular weight excluding hydrogens is 666 g/mol. The molecule has 14 nitrogen and oxygen atoms in total. The van der Waals surface area contributed by atoms with E-state index in [1.165, 1.54) is 18.9 Å². The fourth-order valence-electron chi connectivity index (χ4n) is 5.93. The number of piperidine rings is 1. The number of hydrogen-bond acceptors (Lipinski definition) is 8. The number of nitrogens with one attached hydrogen (secondary N) is 5. The molecule has 1 aliphatic rings. The molecule has 0 saturated carbocycles. The number of carbonyl (C=O) groups is 7. The molecule has 0 spiro atoms. The van der Waals surface area contributed by atoms with Gasteiger partial charge in [0.1, 0.15) is 18.4 Å². The second-order valence-electron chi connectivity index (χ2n) is 13.6. The molecule has 0 bridgehead atoms. The molecule has 7 amide bonds. The minimum Gasteiger partial charge on any atom is -0.345 e. The van der Waals surface area contributed by atoms with Crippen LogP contribution in [-0.4, -0.2) is 109 Å². The fourth-order valence-corrected chi connectivity index (χ4v) is 5.93. The molecule has 0 aliphatic carbocycles. The Morgan fingerprint density at radius 1 is 0.731 bits per heavy atom. The van der Waals surface area contributed by atoms with E-state index in [-0.39, 0.29) is 18.8 Å². The molecule has 1 aliphatic heterocycles. The lowest BCUT2D eigenvalue weighted by molar-refractivity contribution is -0.144. The van der Waals surface area contributed by atoms with Crippen molar-refractivity contribution < 1.29 is 33.6 Å². The predicted molar refractivity (Wildman–Crippen MR) is 196 cm³/mol. The van der Waals surface area contributed by atoms with Crippen LogP contribution in [0.2, 0.25) is 0 Å². The van der Waals surface area contributed by atoms with Crippen LogP contribution < -0.4 is 26.6 Å². The summed E-state index contributed by atoms with van der Waals surface area (Å²) in [5.74, 6) is -3.58. The van der Waals surface area contributed by atoms with Gasteiger partial charge in [0.2, 0.25) is 17.7 Å². The molecule has 14 heteroatoms. The fraction of sp³-hybridized carbons (Fsp3) is 0.500. The number of nitrogens with zero attached hydrogens (tertiary/aromatic N) is 2. The largest absolute Gasteiger partial charge is 0.345 e. The zero-order chi connectivity index (χ0) is 38.2. The molecule has 2 aromatic rings. The molecule has 2 aromatic carbocycles. The number of likely N-dealkylation sites (N-methyl/N-ethyl adjacent to an activating group) is 2. The highest BCUT2D eigenvalue weighted by atomic mass is 16.2. The Labute approximate surface area is 305 Å². The maximum absolute atomic E-state index is 14.1. The van der Waals surface area contributed by atoms with Crippen LogP contribution in [0.15, 0.2) is 60.7 Å². The van der Waals surface area contributed by atoms with Crippen molar-refractivity contribution in [2.24, 2.45) is 5.92 Å². The predicted octanol–water partition coefficient (Wildman–Crippen LogP) is 1.33. The summed E-state index contributed by atoms with van der Waals surface area (Å²) in [5, 5.41) is 13.1. The van der Waals surface area contributed by atoms with Gasteiger partial charge in [-0.3, -0.25) is 29.3 Å². The molecule has 52 heavy (non-hydrogen) atoms. The number of benzene rings is 2. The van der Waals surface area contributed by atoms with Crippen LogP contribution in [0.1, 0.15) is 57.6 Å². The topological polar surface area (TPSA) is 186 Å². The maximum atomic E-state index is 14.1. The van der Waals surface area contributed by atoms with Crippen LogP contribution in [0.25, 0.3) is 0 Å². The first kappa shape index (κ1) is 41.3. The number of likely N-dealkylation sites (tertiary alicyclic amines) is 1. The zero-order valence-corrected chi connectivity index (χ0v) is 30.7. The summed E-state index contributed by atoms with van der Waals surface area (Å²) in [6, 6.07) is 11.9. The monoisotopic (exact) mass is 719 g/mol. The molecule has 1 saturated heterocycles. The van der Waals surface area contributed by atoms with Crippen molar-refractivity contribution in [1.82, 2.24) is 36.4 Å². The van der Waals surface area contributed by atoms with Gasteiger partial charge in [0.15, 0.2) is 6.04 Å². The summed E-state index contributed by atoms with van der Waals surface area (Å²) < 4.78 is 0. The summed E-state index contributed by atoms with van der Waals surface area (Å²) in [6.45, 7) is 6.00. The van der Waals surface area contributed by atoms with E-state index < -0.39 is 65.8 Å². The minimum atomic E-state index is -1.63. The van der Waals surface area contributed by atoms with Crippen molar-refractivity contribution in [1.29, 1.82) is 0 Å². The van der Waals surface area contributed by atoms with Crippen molar-refractivity contribution in [3.63, 3.8) is 0 Å². The number of urea groups is 1. The Morgan fingerprint density at radius 2 is 1.31 bits per heavy atom. The van der Waals surface area contributed by atoms with Crippen molar-refractivity contribution >= 4 is 41.9 Å². The summed E-state index contributed by atoms with van der Waals surface area (Å²) in [6.07, 6.45) is 3.48. The summed E-state index contributed by atoms with van der Waals surface area (Å²) >= 11 is 0. The highest BCUT2D eigenvalue weighted by molar-refractivity contribution is 6.08. The zero-order valence-electron chi connectivity index (χ0n) is 30.7. The third kappa shape index (κ3) is 12.6. The molecular formula is C38H53N7O7. The third-order valence-corrected chi connectivity index (χ3v) is 8.92. The van der Waals surface area contributed by atoms with Gasteiger partial charge in [-0.05, 0) is 63.1 Å². The van der Waals surface area contributed by atoms with Gasteiger partial charge >= 0.3 is 6.03 Å². The standard InChI is InChI=1S/C38H53N7O7/c1-25(2)21-30(34(48)42-32(36(50)40-26(3)24-46)37(51)45-19-13-8-14-20-45)41-35(49)31(23-28-17-11-7-12-18-28)44(5)38(52)43-33(47)29(39-4)22-27-15-9-6-10-16-27/h6-7,9-12,15-18,24-26,29-32,39H,8,13-14,19-23H2,1-5H3,(H,40,50)(H,41,49)(H,42,48)(H,43,47,52)/t26-,29-,30-,31-,32-/m0/s1. The minimum absolute atomic E-state index is 0.0579. The quantitative estimate of drug-likeness (QED) is 0.120. The third-order valence-electron chi connectivity index (χ3n) is 8.92. The molecule has 1 heterocycles. The maximum Gasteiger partial charge on any atom is 0.324 e. The second-order valence-corrected chi connectivity index (χ2v) is 13.6. The van der Waals surface area contributed by atoms with Gasteiger partial charge < -0.3 is 35.9 Å². The van der Waals surface area contributed by atoms with E-state index in [4.69, 9.17) is 0 Å². The number of imide groups is 1. The average molecular weight is 720 g/mol. The van der Waals surface area contributed by atoms with E-state index in [1.54, 1.807) is 31.3 Å². The normalized spacial score (nSPS) is 15.6. The Bertz CT molecular complexity index is 1520. The van der Waals surface area contributed by atoms with Gasteiger partial charge in [-0.1, -0.05) is 74.5 Å². The Balaban J connectivity index is 1.84. The lowest BCUT2D eigenvalue weighted by Gasteiger charge is -2.32. The van der Waals surface area contributed by atoms with E-state index >= 15 is 0 Å². The first-order chi connectivity index (χ1) is 24.8. The summed E-state index contributed by atoms with van der Waals surface area (Å²) in [5.41, 5.74) is 1.62. The first-order valence-corrected chi connectivity index (χ1v) is 17.8. The van der Waals surface area contributed by atoms with E-state index in [2.05, 4.69) is 26.6 Å². The van der Waals surface area contributed by atoms with Crippen molar-refractivity contribution in [3.05, 3.63) is 71.8 Å². The van der Waals surface area contributed by atoms with E-state index in [1.807, 2.05) is 50.2 Å². The Morgan fingerprint density at radius 3 is 1.85 bits per heavy atom. The summed E-state index contributed by atoms with van der Waals surface area (Å²) in [4.78, 5) is 95.4. The van der Waals surface area contributed by atoms with Gasteiger partial charge in [0, 0.05) is 26.6 Å². The number of amides is 7. The van der Waals surface area contributed by atoms with Crippen LogP contribution in [0.5, 0.6) is 0 Å². The molecule has 0 aromatic heterocycles. The molecule has 0 unspecified atom stereocenters. The van der Waals surface area contributed by atoms with Crippen LogP contribution in [0.4, 0.5) is 4.79 Å². The smallest absolute Gasteiger partial charge is 0.324 e. The number of rotatable bonds is 17. The Kier molecular flexibility index (Phi) is 16.4. The molecule has 5 N–H and O–H groups in total. The second kappa shape index (κ2) is 20.7. The SMILES string of the molecule is CN[C@@H](Cc1ccccc1)C(=O)NC(=O)N(C)[C@@H](Cc1ccccc1)C(=O)N[C@@H](CC(C)C)C(=O)N[C@@H](C(=O)N[C@@H](C)C=O)C(=O)N1CCCCC1. The van der Waals surface area contributed by atoms with Gasteiger partial charge in [0.25, 0.3) is 11.8 Å². The van der Waals surface area contributed by atoms with Crippen LogP contribution in [0, 0.1) is 5.92 Å². The highest BCUT2D eigenvalue weighted by Crippen LogP contribution is 2.14. The van der Waals surface area contributed by atoms with E-state index in [0.717, 1.165) is 35.3 Å². The van der Waals surface area contributed by atoms with Crippen molar-refractivity contribution in [2.45, 2.75) is 89.5 Å². The highest BCUT2D eigenvalue weighted by Gasteiger charge is 2.37. The van der Waals surface area contributed by atoms with Gasteiger partial charge in [-0.2, -0.15) is 0 Å². The lowest BCUT2D eigenvalue weighted by atomic mass is 10.00. The molecule has 282 valence electrons. The summed E-state index contributed by atoms with van der Waals surface area (Å²) in [7, 11) is 3.01. The van der Waals surface area contributed by atoms with Crippen LogP contribution >= 0.6 is 0 Å². The first-order valence-electron chi connectivity index (χ1n) is 17.8. The van der Waals surface area contributed by atoms with E-state index in [9.17, 15) is 33.6 Å². The van der Waals surface area contributed by atoms with Crippen LogP contribution in [-0.2, 0) is 41.6 Å². The van der Waals surface area contributed by atoms with Gasteiger partial charge in [-0.15, -0.1) is 0 Å². The molecule has 1 fully saturated rings. The average Bonchev–Trinajstić information content (AvgIpc) is 3.14. The lowest BCUT2D eigenvalue weighted by Crippen LogP contribution is -2.62. The molecule has 3 rings (SSSR count). The molecule has 5 atom stereocenters. The van der Waals surface area contributed by atoms with Crippen molar-refractivity contribution in [3.8, 4) is 0 Å². The van der Waals surface area contributed by atoms with Crippen molar-refractivity contribution in [2.75, 3.05) is 27.2 Å². The Hall–Kier alpha value is -5.11. The van der Waals surface area contributed by atoms with Gasteiger partial charge in [0.05, 0.1) is 12.1 Å². The number of aldehydes is 1. The van der Waals surface area contributed by atoms with Gasteiger partial charge in [-0.25, -0.2) is 4.79 Å². The van der Waals surface area contributed by atoms with Crippen LogP contribution in [0.3, 0.4) is 0 Å². The number of carbonyl (C=O) groups excluding carboxylic acids is 7. The molecule has 0 radical (unpaired) electrons. The number of hydrogen-bond donors (Lipinski definition) is 5. The van der Waals surface area contributed by atoms with E-state index in [0.29, 0.717) is 25.8 Å².